The summed E-state index contributed by atoms with van der Waals surface area (Å²) < 4.78 is 5.48. The molecule has 5 heteroatoms. The van der Waals surface area contributed by atoms with Crippen LogP contribution in [0.25, 0.3) is 0 Å². The molecule has 2 rings (SSSR count). The van der Waals surface area contributed by atoms with E-state index in [4.69, 9.17) is 9.84 Å². The number of hydrogen-bond donors (Lipinski definition) is 2. The highest BCUT2D eigenvalue weighted by Gasteiger charge is 2.29. The first-order valence-corrected chi connectivity index (χ1v) is 6.56. The smallest absolute Gasteiger partial charge is 0.239 e. The minimum absolute atomic E-state index is 0.0462. The molecule has 0 saturated carbocycles. The van der Waals surface area contributed by atoms with Crippen LogP contribution in [0.1, 0.15) is 25.7 Å². The van der Waals surface area contributed by atoms with Crippen molar-refractivity contribution in [3.63, 3.8) is 0 Å². The van der Waals surface area contributed by atoms with E-state index in [-0.39, 0.29) is 24.7 Å². The fraction of sp³-hybridized carbons (Fsp3) is 0.917. The van der Waals surface area contributed by atoms with Crippen LogP contribution >= 0.6 is 0 Å². The second kappa shape index (κ2) is 6.33. The number of rotatable bonds is 4. The molecule has 1 unspecified atom stereocenters. The number of amides is 1. The molecular formula is C12H22N2O3. The molecule has 2 aliphatic rings. The quantitative estimate of drug-likeness (QED) is 0.713. The third-order valence-electron chi connectivity index (χ3n) is 3.56. The molecule has 0 aliphatic carbocycles. The Morgan fingerprint density at radius 2 is 2.12 bits per heavy atom. The maximum atomic E-state index is 12.1. The van der Waals surface area contributed by atoms with Gasteiger partial charge in [-0.3, -0.25) is 4.79 Å². The molecule has 2 saturated heterocycles. The number of piperidine rings is 1. The third kappa shape index (κ3) is 3.40. The fourth-order valence-electron chi connectivity index (χ4n) is 2.58. The second-order valence-corrected chi connectivity index (χ2v) is 4.77. The Kier molecular flexibility index (Phi) is 4.76. The van der Waals surface area contributed by atoms with Crippen molar-refractivity contribution in [3.05, 3.63) is 0 Å². The predicted octanol–water partition coefficient (Wildman–Crippen LogP) is -0.262. The number of aliphatic hydroxyl groups excluding tert-OH is 1. The molecule has 5 nitrogen and oxygen atoms in total. The fourth-order valence-corrected chi connectivity index (χ4v) is 2.58. The molecule has 0 radical (unpaired) electrons. The van der Waals surface area contributed by atoms with Crippen LogP contribution in [0.3, 0.4) is 0 Å². The van der Waals surface area contributed by atoms with Crippen LogP contribution < -0.4 is 5.32 Å². The predicted molar refractivity (Wildman–Crippen MR) is 63.7 cm³/mol. The van der Waals surface area contributed by atoms with Gasteiger partial charge in [-0.15, -0.1) is 0 Å². The summed E-state index contributed by atoms with van der Waals surface area (Å²) in [4.78, 5) is 14.0. The van der Waals surface area contributed by atoms with E-state index in [0.717, 1.165) is 45.3 Å². The van der Waals surface area contributed by atoms with Gasteiger partial charge in [0.25, 0.3) is 0 Å². The van der Waals surface area contributed by atoms with Crippen molar-refractivity contribution >= 4 is 5.91 Å². The Morgan fingerprint density at radius 3 is 2.71 bits per heavy atom. The van der Waals surface area contributed by atoms with Crippen LogP contribution in [0.4, 0.5) is 0 Å². The van der Waals surface area contributed by atoms with Crippen molar-refractivity contribution in [2.24, 2.45) is 0 Å². The average molecular weight is 242 g/mol. The Balaban J connectivity index is 1.72. The Bertz CT molecular complexity index is 246. The molecule has 98 valence electrons. The van der Waals surface area contributed by atoms with Gasteiger partial charge in [-0.2, -0.15) is 0 Å². The molecule has 0 spiro atoms. The van der Waals surface area contributed by atoms with E-state index in [1.165, 1.54) is 0 Å². The van der Waals surface area contributed by atoms with Crippen LogP contribution in [-0.4, -0.2) is 60.9 Å². The van der Waals surface area contributed by atoms with Gasteiger partial charge in [0.15, 0.2) is 0 Å². The number of carbonyl (C=O) groups is 1. The van der Waals surface area contributed by atoms with E-state index in [1.54, 1.807) is 0 Å². The number of likely N-dealkylation sites (tertiary alicyclic amines) is 1. The highest BCUT2D eigenvalue weighted by atomic mass is 16.5. The number of hydrogen-bond acceptors (Lipinski definition) is 4. The molecule has 2 heterocycles. The Labute approximate surface area is 102 Å². The van der Waals surface area contributed by atoms with Crippen LogP contribution in [0.5, 0.6) is 0 Å². The minimum Gasteiger partial charge on any atom is -0.394 e. The highest BCUT2D eigenvalue weighted by molar-refractivity contribution is 5.82. The zero-order valence-corrected chi connectivity index (χ0v) is 10.2. The summed E-state index contributed by atoms with van der Waals surface area (Å²) in [5.41, 5.74) is 0. The standard InChI is InChI=1S/C12H22N2O3/c15-8-9-17-10-3-6-14(7-4-10)12(16)11-2-1-5-13-11/h10-11,13,15H,1-9H2. The molecule has 0 aromatic carbocycles. The van der Waals surface area contributed by atoms with E-state index in [9.17, 15) is 4.79 Å². The number of ether oxygens (including phenoxy) is 1. The molecule has 1 amide bonds. The number of nitrogens with one attached hydrogen (secondary N) is 1. The summed E-state index contributed by atoms with van der Waals surface area (Å²) in [5.74, 6) is 0.253. The maximum absolute atomic E-state index is 12.1. The molecule has 0 bridgehead atoms. The van der Waals surface area contributed by atoms with Crippen molar-refractivity contribution in [3.8, 4) is 0 Å². The summed E-state index contributed by atoms with van der Waals surface area (Å²) in [7, 11) is 0. The summed E-state index contributed by atoms with van der Waals surface area (Å²) in [6.45, 7) is 3.01. The average Bonchev–Trinajstić information content (AvgIpc) is 2.90. The van der Waals surface area contributed by atoms with Crippen molar-refractivity contribution in [2.75, 3.05) is 32.8 Å². The molecule has 2 N–H and O–H groups in total. The monoisotopic (exact) mass is 242 g/mol. The largest absolute Gasteiger partial charge is 0.394 e. The molecule has 0 aromatic heterocycles. The van der Waals surface area contributed by atoms with Gasteiger partial charge in [0.05, 0.1) is 25.4 Å². The van der Waals surface area contributed by atoms with E-state index in [1.807, 2.05) is 4.90 Å². The lowest BCUT2D eigenvalue weighted by Gasteiger charge is -2.33. The molecule has 1 atom stereocenters. The Morgan fingerprint density at radius 1 is 1.35 bits per heavy atom. The van der Waals surface area contributed by atoms with Crippen molar-refractivity contribution in [2.45, 2.75) is 37.8 Å². The van der Waals surface area contributed by atoms with Gasteiger partial charge in [0.2, 0.25) is 5.91 Å². The van der Waals surface area contributed by atoms with E-state index in [2.05, 4.69) is 5.32 Å². The number of nitrogens with zero attached hydrogens (tertiary/aromatic N) is 1. The van der Waals surface area contributed by atoms with Crippen LogP contribution in [0, 0.1) is 0 Å². The third-order valence-corrected chi connectivity index (χ3v) is 3.56. The molecule has 2 fully saturated rings. The lowest BCUT2D eigenvalue weighted by molar-refractivity contribution is -0.135. The summed E-state index contributed by atoms with van der Waals surface area (Å²) in [5, 5.41) is 11.9. The highest BCUT2D eigenvalue weighted by Crippen LogP contribution is 2.16. The number of carbonyl (C=O) groups excluding carboxylic acids is 1. The summed E-state index contributed by atoms with van der Waals surface area (Å²) >= 11 is 0. The molecule has 2 aliphatic heterocycles. The van der Waals surface area contributed by atoms with E-state index in [0.29, 0.717) is 6.61 Å². The zero-order valence-electron chi connectivity index (χ0n) is 10.2. The second-order valence-electron chi connectivity index (χ2n) is 4.77. The minimum atomic E-state index is 0.0462. The van der Waals surface area contributed by atoms with Gasteiger partial charge < -0.3 is 20.1 Å². The van der Waals surface area contributed by atoms with Gasteiger partial charge >= 0.3 is 0 Å². The van der Waals surface area contributed by atoms with Gasteiger partial charge in [-0.05, 0) is 32.2 Å². The number of aliphatic hydroxyl groups is 1. The van der Waals surface area contributed by atoms with Crippen molar-refractivity contribution < 1.29 is 14.6 Å². The van der Waals surface area contributed by atoms with Crippen LogP contribution in [0.15, 0.2) is 0 Å². The molecular weight excluding hydrogens is 220 g/mol. The molecule has 0 aromatic rings. The summed E-state index contributed by atoms with van der Waals surface area (Å²) in [6.07, 6.45) is 4.06. The van der Waals surface area contributed by atoms with Crippen molar-refractivity contribution in [1.82, 2.24) is 10.2 Å². The maximum Gasteiger partial charge on any atom is 0.239 e. The first-order chi connectivity index (χ1) is 8.31. The molecule has 17 heavy (non-hydrogen) atoms. The first kappa shape index (κ1) is 12.8. The lowest BCUT2D eigenvalue weighted by atomic mass is 10.1. The van der Waals surface area contributed by atoms with Gasteiger partial charge in [-0.1, -0.05) is 0 Å². The normalized spacial score (nSPS) is 26.4. The van der Waals surface area contributed by atoms with Gasteiger partial charge in [-0.25, -0.2) is 0 Å². The van der Waals surface area contributed by atoms with Crippen LogP contribution in [-0.2, 0) is 9.53 Å². The summed E-state index contributed by atoms with van der Waals surface area (Å²) in [6, 6.07) is 0.0462. The first-order valence-electron chi connectivity index (χ1n) is 6.56. The Hall–Kier alpha value is -0.650. The zero-order chi connectivity index (χ0) is 12.1. The SMILES string of the molecule is O=C(C1CCCN1)N1CCC(OCCO)CC1. The van der Waals surface area contributed by atoms with Crippen LogP contribution in [0.2, 0.25) is 0 Å². The van der Waals surface area contributed by atoms with Crippen molar-refractivity contribution in [1.29, 1.82) is 0 Å². The lowest BCUT2D eigenvalue weighted by Crippen LogP contribution is -2.48. The van der Waals surface area contributed by atoms with E-state index >= 15 is 0 Å². The van der Waals surface area contributed by atoms with Gasteiger partial charge in [0.1, 0.15) is 0 Å². The van der Waals surface area contributed by atoms with Gasteiger partial charge in [0, 0.05) is 13.1 Å². The topological polar surface area (TPSA) is 61.8 Å². The van der Waals surface area contributed by atoms with E-state index < -0.39 is 0 Å².